The Morgan fingerprint density at radius 2 is 1.97 bits per heavy atom. The number of esters is 2. The molecule has 4 aliphatic rings. The molecule has 0 amide bonds. The van der Waals surface area contributed by atoms with Gasteiger partial charge < -0.3 is 29.3 Å². The summed E-state index contributed by atoms with van der Waals surface area (Å²) in [4.78, 5) is 27.7. The second kappa shape index (κ2) is 8.85. The molecular weight excluding hydrogens is 462 g/mol. The normalized spacial score (nSPS) is 31.7. The van der Waals surface area contributed by atoms with Gasteiger partial charge in [0.25, 0.3) is 0 Å². The van der Waals surface area contributed by atoms with Gasteiger partial charge in [0.2, 0.25) is 0 Å². The van der Waals surface area contributed by atoms with Crippen molar-refractivity contribution in [2.45, 2.75) is 89.3 Å². The zero-order valence-electron chi connectivity index (χ0n) is 21.7. The second-order valence-electron chi connectivity index (χ2n) is 11.4. The highest BCUT2D eigenvalue weighted by Crippen LogP contribution is 2.64. The SMILES string of the molecule is CC(C)C[C@H](C)C(=O)O[C@@H](C)C(=O)OC1=CC[C@@]2(O)[C@H]3Cc4ccc(CO)c5c4C2(CCN3C)C1O5. The van der Waals surface area contributed by atoms with Crippen molar-refractivity contribution in [2.75, 3.05) is 13.6 Å². The van der Waals surface area contributed by atoms with Gasteiger partial charge in [-0.25, -0.2) is 4.79 Å². The molecule has 8 nitrogen and oxygen atoms in total. The Kier molecular flexibility index (Phi) is 6.21. The van der Waals surface area contributed by atoms with Gasteiger partial charge in [0.05, 0.1) is 23.5 Å². The third kappa shape index (κ3) is 3.52. The van der Waals surface area contributed by atoms with Gasteiger partial charge in [-0.15, -0.1) is 0 Å². The third-order valence-corrected chi connectivity index (χ3v) is 8.70. The highest BCUT2D eigenvalue weighted by atomic mass is 16.6. The fourth-order valence-corrected chi connectivity index (χ4v) is 6.97. The third-order valence-electron chi connectivity index (χ3n) is 8.70. The minimum absolute atomic E-state index is 0.105. The van der Waals surface area contributed by atoms with Gasteiger partial charge in [-0.1, -0.05) is 32.9 Å². The van der Waals surface area contributed by atoms with Crippen LogP contribution in [0.5, 0.6) is 5.75 Å². The molecule has 1 fully saturated rings. The number of aliphatic hydroxyl groups excluding tert-OH is 1. The van der Waals surface area contributed by atoms with E-state index in [0.717, 1.165) is 17.7 Å². The van der Waals surface area contributed by atoms with E-state index in [2.05, 4.69) is 4.90 Å². The number of carbonyl (C=O) groups is 2. The lowest BCUT2D eigenvalue weighted by Gasteiger charge is -2.61. The van der Waals surface area contributed by atoms with E-state index in [1.807, 2.05) is 33.0 Å². The van der Waals surface area contributed by atoms with Crippen LogP contribution in [0.2, 0.25) is 0 Å². The molecule has 8 heteroatoms. The van der Waals surface area contributed by atoms with Crippen LogP contribution >= 0.6 is 0 Å². The average Bonchev–Trinajstić information content (AvgIpc) is 3.18. The lowest BCUT2D eigenvalue weighted by Crippen LogP contribution is -2.74. The molecule has 2 aliphatic heterocycles. The van der Waals surface area contributed by atoms with Crippen LogP contribution in [0.15, 0.2) is 24.0 Å². The molecule has 0 saturated carbocycles. The molecular formula is C28H37NO7. The van der Waals surface area contributed by atoms with Gasteiger partial charge in [0.1, 0.15) is 11.5 Å². The van der Waals surface area contributed by atoms with Crippen molar-refractivity contribution >= 4 is 11.9 Å². The number of likely N-dealkylation sites (tertiary alicyclic amines) is 1. The van der Waals surface area contributed by atoms with Crippen molar-refractivity contribution < 1.29 is 34.0 Å². The fraction of sp³-hybridized carbons (Fsp3) is 0.643. The zero-order chi connectivity index (χ0) is 26.0. The van der Waals surface area contributed by atoms with E-state index >= 15 is 0 Å². The average molecular weight is 500 g/mol. The molecule has 2 N–H and O–H groups in total. The maximum atomic E-state index is 13.0. The minimum atomic E-state index is -1.10. The summed E-state index contributed by atoms with van der Waals surface area (Å²) in [5.74, 6) is -0.152. The van der Waals surface area contributed by atoms with Crippen LogP contribution in [0.1, 0.15) is 63.6 Å². The molecule has 0 aromatic heterocycles. The lowest BCUT2D eigenvalue weighted by atomic mass is 9.50. The van der Waals surface area contributed by atoms with Crippen molar-refractivity contribution in [3.8, 4) is 5.75 Å². The number of benzene rings is 1. The molecule has 1 spiro atoms. The van der Waals surface area contributed by atoms with Crippen LogP contribution in [-0.4, -0.2) is 64.5 Å². The summed E-state index contributed by atoms with van der Waals surface area (Å²) in [6, 6.07) is 3.79. The molecule has 0 radical (unpaired) electrons. The summed E-state index contributed by atoms with van der Waals surface area (Å²) in [7, 11) is 2.03. The smallest absolute Gasteiger partial charge is 0.352 e. The van der Waals surface area contributed by atoms with Gasteiger partial charge in [-0.2, -0.15) is 0 Å². The quantitative estimate of drug-likeness (QED) is 0.552. The molecule has 1 aromatic carbocycles. The molecule has 2 aliphatic carbocycles. The number of aliphatic hydroxyl groups is 2. The van der Waals surface area contributed by atoms with E-state index in [-0.39, 0.29) is 18.6 Å². The van der Waals surface area contributed by atoms with E-state index in [0.29, 0.717) is 48.7 Å². The molecule has 36 heavy (non-hydrogen) atoms. The zero-order valence-corrected chi connectivity index (χ0v) is 21.7. The van der Waals surface area contributed by atoms with Gasteiger partial charge in [0.15, 0.2) is 12.2 Å². The number of hydrogen-bond acceptors (Lipinski definition) is 8. The summed E-state index contributed by atoms with van der Waals surface area (Å²) in [5.41, 5.74) is 0.810. The van der Waals surface area contributed by atoms with Crippen molar-refractivity contribution in [1.82, 2.24) is 4.90 Å². The van der Waals surface area contributed by atoms with Crippen LogP contribution in [0.3, 0.4) is 0 Å². The number of hydrogen-bond donors (Lipinski definition) is 2. The monoisotopic (exact) mass is 499 g/mol. The Morgan fingerprint density at radius 3 is 2.67 bits per heavy atom. The first kappa shape index (κ1) is 25.2. The summed E-state index contributed by atoms with van der Waals surface area (Å²) in [5, 5.41) is 22.2. The lowest BCUT2D eigenvalue weighted by molar-refractivity contribution is -0.176. The number of rotatable bonds is 7. The van der Waals surface area contributed by atoms with E-state index in [4.69, 9.17) is 14.2 Å². The predicted molar refractivity (Wildman–Crippen MR) is 131 cm³/mol. The molecule has 1 aromatic rings. The number of likely N-dealkylation sites (N-methyl/N-ethyl adjacent to an activating group) is 1. The van der Waals surface area contributed by atoms with Gasteiger partial charge >= 0.3 is 11.9 Å². The molecule has 1 saturated heterocycles. The Hall–Kier alpha value is -2.42. The molecule has 2 bridgehead atoms. The van der Waals surface area contributed by atoms with Crippen LogP contribution in [-0.2, 0) is 37.5 Å². The first-order valence-corrected chi connectivity index (χ1v) is 13.0. The maximum absolute atomic E-state index is 13.0. The number of piperidine rings is 1. The topological polar surface area (TPSA) is 106 Å². The number of ether oxygens (including phenoxy) is 3. The van der Waals surface area contributed by atoms with Crippen molar-refractivity contribution in [3.63, 3.8) is 0 Å². The summed E-state index contributed by atoms with van der Waals surface area (Å²) in [6.45, 7) is 7.95. The van der Waals surface area contributed by atoms with E-state index < -0.39 is 35.2 Å². The van der Waals surface area contributed by atoms with Crippen LogP contribution < -0.4 is 4.74 Å². The van der Waals surface area contributed by atoms with Crippen LogP contribution in [0, 0.1) is 11.8 Å². The predicted octanol–water partition coefficient (Wildman–Crippen LogP) is 2.61. The molecule has 5 rings (SSSR count). The maximum Gasteiger partial charge on any atom is 0.352 e. The Balaban J connectivity index is 1.44. The highest BCUT2D eigenvalue weighted by Gasteiger charge is 2.71. The highest BCUT2D eigenvalue weighted by molar-refractivity contribution is 5.80. The van der Waals surface area contributed by atoms with Crippen LogP contribution in [0.25, 0.3) is 0 Å². The van der Waals surface area contributed by atoms with E-state index in [1.165, 1.54) is 6.92 Å². The van der Waals surface area contributed by atoms with E-state index in [9.17, 15) is 19.8 Å². The number of carbonyl (C=O) groups excluding carboxylic acids is 2. The molecule has 196 valence electrons. The number of nitrogens with zero attached hydrogens (tertiary/aromatic N) is 1. The van der Waals surface area contributed by atoms with Crippen molar-refractivity contribution in [1.29, 1.82) is 0 Å². The van der Waals surface area contributed by atoms with Gasteiger partial charge in [-0.3, -0.25) is 4.79 Å². The Morgan fingerprint density at radius 1 is 1.22 bits per heavy atom. The standard InChI is InChI=1S/C28H37NO7/c1-15(2)12-16(3)25(31)34-17(4)26(32)35-20-8-9-28(33)21-13-18-6-7-19(14-30)23-22(18)27(28,24(20)36-23)10-11-29(21)5/h6-8,15-17,21,24,30,33H,9-14H2,1-5H3/t16-,17-,21+,24?,27?,28+/m0/s1. The van der Waals surface area contributed by atoms with Crippen LogP contribution in [0.4, 0.5) is 0 Å². The van der Waals surface area contributed by atoms with Gasteiger partial charge in [-0.05, 0) is 57.3 Å². The molecule has 2 unspecified atom stereocenters. The molecule has 2 heterocycles. The largest absolute Gasteiger partial charge is 0.481 e. The Labute approximate surface area is 212 Å². The minimum Gasteiger partial charge on any atom is -0.481 e. The van der Waals surface area contributed by atoms with Crippen molar-refractivity contribution in [3.05, 3.63) is 40.7 Å². The molecule has 6 atom stereocenters. The summed E-state index contributed by atoms with van der Waals surface area (Å²) >= 11 is 0. The first-order chi connectivity index (χ1) is 17.0. The first-order valence-electron chi connectivity index (χ1n) is 13.0. The summed E-state index contributed by atoms with van der Waals surface area (Å²) < 4.78 is 17.7. The fourth-order valence-electron chi connectivity index (χ4n) is 6.97. The van der Waals surface area contributed by atoms with Crippen molar-refractivity contribution in [2.24, 2.45) is 11.8 Å². The van der Waals surface area contributed by atoms with E-state index in [1.54, 1.807) is 13.0 Å². The van der Waals surface area contributed by atoms with Gasteiger partial charge in [0, 0.05) is 23.6 Å². The summed E-state index contributed by atoms with van der Waals surface area (Å²) in [6.07, 6.45) is 2.26. The Bertz CT molecular complexity index is 1110. The second-order valence-corrected chi connectivity index (χ2v) is 11.4.